The molecule has 18 heavy (non-hydrogen) atoms. The molecule has 0 unspecified atom stereocenters. The molecule has 1 saturated carbocycles. The Morgan fingerprint density at radius 1 is 1.44 bits per heavy atom. The van der Waals surface area contributed by atoms with Gasteiger partial charge in [0.25, 0.3) is 5.91 Å². The monoisotopic (exact) mass is 248 g/mol. The molecule has 0 saturated heterocycles. The zero-order valence-corrected chi connectivity index (χ0v) is 11.2. The van der Waals surface area contributed by atoms with Crippen molar-refractivity contribution in [1.82, 2.24) is 15.3 Å². The molecule has 0 aromatic carbocycles. The molecule has 2 rings (SSSR count). The summed E-state index contributed by atoms with van der Waals surface area (Å²) < 4.78 is 0. The molecule has 98 valence electrons. The Bertz CT molecular complexity index is 441. The zero-order valence-electron chi connectivity index (χ0n) is 11.2. The topological polar surface area (TPSA) is 66.9 Å². The molecular weight excluding hydrogens is 228 g/mol. The van der Waals surface area contributed by atoms with E-state index in [1.54, 1.807) is 13.0 Å². The average molecular weight is 248 g/mol. The fourth-order valence-corrected chi connectivity index (χ4v) is 1.57. The zero-order chi connectivity index (χ0) is 13.1. The summed E-state index contributed by atoms with van der Waals surface area (Å²) in [6.07, 6.45) is 2.16. The Balaban J connectivity index is 2.06. The molecule has 1 heterocycles. The minimum absolute atomic E-state index is 0.101. The van der Waals surface area contributed by atoms with E-state index < -0.39 is 0 Å². The highest BCUT2D eigenvalue weighted by Crippen LogP contribution is 2.19. The summed E-state index contributed by atoms with van der Waals surface area (Å²) in [6, 6.07) is 2.06. The summed E-state index contributed by atoms with van der Waals surface area (Å²) >= 11 is 0. The molecular formula is C13H20N4O. The van der Waals surface area contributed by atoms with Crippen molar-refractivity contribution in [2.24, 2.45) is 5.92 Å². The van der Waals surface area contributed by atoms with E-state index in [1.165, 1.54) is 0 Å². The van der Waals surface area contributed by atoms with E-state index in [0.29, 0.717) is 23.5 Å². The van der Waals surface area contributed by atoms with Crippen LogP contribution in [0, 0.1) is 12.8 Å². The van der Waals surface area contributed by atoms with Gasteiger partial charge in [-0.15, -0.1) is 0 Å². The second-order valence-corrected chi connectivity index (χ2v) is 5.21. The number of anilines is 1. The van der Waals surface area contributed by atoms with Gasteiger partial charge >= 0.3 is 0 Å². The molecule has 1 aromatic heterocycles. The minimum atomic E-state index is -0.101. The predicted molar refractivity (Wildman–Crippen MR) is 70.6 cm³/mol. The summed E-state index contributed by atoms with van der Waals surface area (Å²) in [4.78, 5) is 20.4. The van der Waals surface area contributed by atoms with Gasteiger partial charge in [-0.2, -0.15) is 0 Å². The van der Waals surface area contributed by atoms with Crippen LogP contribution in [0.1, 0.15) is 43.0 Å². The third-order valence-corrected chi connectivity index (χ3v) is 2.67. The maximum absolute atomic E-state index is 11.9. The van der Waals surface area contributed by atoms with Crippen molar-refractivity contribution in [2.75, 3.05) is 11.9 Å². The molecule has 0 atom stereocenters. The number of amides is 1. The van der Waals surface area contributed by atoms with E-state index in [1.807, 2.05) is 0 Å². The number of rotatable bonds is 5. The lowest BCUT2D eigenvalue weighted by Gasteiger charge is -2.10. The van der Waals surface area contributed by atoms with Crippen molar-refractivity contribution in [3.05, 3.63) is 17.6 Å². The Hall–Kier alpha value is -1.65. The molecule has 0 aliphatic heterocycles. The Kier molecular flexibility index (Phi) is 3.79. The first-order chi connectivity index (χ1) is 8.54. The fraction of sp³-hybridized carbons (Fsp3) is 0.615. The van der Waals surface area contributed by atoms with Crippen molar-refractivity contribution in [3.63, 3.8) is 0 Å². The van der Waals surface area contributed by atoms with Crippen LogP contribution < -0.4 is 10.6 Å². The molecule has 1 fully saturated rings. The van der Waals surface area contributed by atoms with Crippen molar-refractivity contribution < 1.29 is 4.79 Å². The highest BCUT2D eigenvalue weighted by Gasteiger charge is 2.24. The van der Waals surface area contributed by atoms with Crippen LogP contribution in [-0.2, 0) is 0 Å². The van der Waals surface area contributed by atoms with Crippen LogP contribution in [0.4, 0.5) is 5.82 Å². The molecule has 0 spiro atoms. The third-order valence-electron chi connectivity index (χ3n) is 2.67. The van der Waals surface area contributed by atoms with Gasteiger partial charge in [-0.05, 0) is 25.7 Å². The number of nitrogens with one attached hydrogen (secondary N) is 2. The van der Waals surface area contributed by atoms with Crippen molar-refractivity contribution in [1.29, 1.82) is 0 Å². The number of aromatic nitrogens is 2. The third kappa shape index (κ3) is 3.68. The highest BCUT2D eigenvalue weighted by molar-refractivity contribution is 5.93. The van der Waals surface area contributed by atoms with Crippen LogP contribution in [0.5, 0.6) is 0 Å². The molecule has 2 N–H and O–H groups in total. The molecule has 5 heteroatoms. The quantitative estimate of drug-likeness (QED) is 0.833. The lowest BCUT2D eigenvalue weighted by Crippen LogP contribution is -2.27. The summed E-state index contributed by atoms with van der Waals surface area (Å²) in [6.45, 7) is 6.89. The van der Waals surface area contributed by atoms with Crippen molar-refractivity contribution >= 4 is 11.7 Å². The second kappa shape index (κ2) is 5.33. The second-order valence-electron chi connectivity index (χ2n) is 5.21. The SMILES string of the molecule is Cc1nc(NCC(C)C)cc(C(=O)NC2CC2)n1. The Morgan fingerprint density at radius 2 is 2.17 bits per heavy atom. The van der Waals surface area contributed by atoms with Crippen molar-refractivity contribution in [3.8, 4) is 0 Å². The van der Waals surface area contributed by atoms with E-state index >= 15 is 0 Å². The first kappa shape index (κ1) is 12.8. The van der Waals surface area contributed by atoms with Gasteiger partial charge in [0.15, 0.2) is 0 Å². The van der Waals surface area contributed by atoms with Gasteiger partial charge in [0.05, 0.1) is 0 Å². The van der Waals surface area contributed by atoms with Crippen LogP contribution in [0.25, 0.3) is 0 Å². The van der Waals surface area contributed by atoms with Gasteiger partial charge < -0.3 is 10.6 Å². The average Bonchev–Trinajstić information content (AvgIpc) is 3.09. The summed E-state index contributed by atoms with van der Waals surface area (Å²) in [5.41, 5.74) is 0.445. The van der Waals surface area contributed by atoms with E-state index in [9.17, 15) is 4.79 Å². The normalized spacial score (nSPS) is 14.7. The molecule has 0 bridgehead atoms. The van der Waals surface area contributed by atoms with Gasteiger partial charge in [-0.1, -0.05) is 13.8 Å². The Morgan fingerprint density at radius 3 is 2.78 bits per heavy atom. The smallest absolute Gasteiger partial charge is 0.270 e. The molecule has 1 amide bonds. The number of aryl methyl sites for hydroxylation is 1. The number of hydrogen-bond donors (Lipinski definition) is 2. The van der Waals surface area contributed by atoms with Crippen LogP contribution in [0.3, 0.4) is 0 Å². The molecule has 5 nitrogen and oxygen atoms in total. The maximum atomic E-state index is 11.9. The van der Waals surface area contributed by atoms with Gasteiger partial charge in [0, 0.05) is 18.7 Å². The Labute approximate surface area is 107 Å². The van der Waals surface area contributed by atoms with E-state index in [2.05, 4.69) is 34.4 Å². The van der Waals surface area contributed by atoms with Crippen LogP contribution >= 0.6 is 0 Å². The minimum Gasteiger partial charge on any atom is -0.370 e. The molecule has 1 aromatic rings. The largest absolute Gasteiger partial charge is 0.370 e. The maximum Gasteiger partial charge on any atom is 0.270 e. The fourth-order valence-electron chi connectivity index (χ4n) is 1.57. The predicted octanol–water partition coefficient (Wildman–Crippen LogP) is 1.75. The van der Waals surface area contributed by atoms with Crippen molar-refractivity contribution in [2.45, 2.75) is 39.7 Å². The molecule has 1 aliphatic carbocycles. The standard InChI is InChI=1S/C13H20N4O/c1-8(2)7-14-12-6-11(15-9(3)16-12)13(18)17-10-4-5-10/h6,8,10H,4-5,7H2,1-3H3,(H,17,18)(H,14,15,16). The number of nitrogens with zero attached hydrogens (tertiary/aromatic N) is 2. The first-order valence-corrected chi connectivity index (χ1v) is 6.45. The van der Waals surface area contributed by atoms with Gasteiger partial charge in [-0.25, -0.2) is 9.97 Å². The van der Waals surface area contributed by atoms with E-state index in [4.69, 9.17) is 0 Å². The van der Waals surface area contributed by atoms with E-state index in [-0.39, 0.29) is 5.91 Å². The van der Waals surface area contributed by atoms with Crippen LogP contribution in [0.2, 0.25) is 0 Å². The highest BCUT2D eigenvalue weighted by atomic mass is 16.2. The van der Waals surface area contributed by atoms with E-state index in [0.717, 1.165) is 25.2 Å². The van der Waals surface area contributed by atoms with Gasteiger partial charge in [-0.3, -0.25) is 4.79 Å². The van der Waals surface area contributed by atoms with Gasteiger partial charge in [0.2, 0.25) is 0 Å². The summed E-state index contributed by atoms with van der Waals surface area (Å²) in [7, 11) is 0. The van der Waals surface area contributed by atoms with Crippen LogP contribution in [0.15, 0.2) is 6.07 Å². The summed E-state index contributed by atoms with van der Waals surface area (Å²) in [5.74, 6) is 1.77. The lowest BCUT2D eigenvalue weighted by molar-refractivity contribution is 0.0945. The molecule has 0 radical (unpaired) electrons. The van der Waals surface area contributed by atoms with Crippen LogP contribution in [-0.4, -0.2) is 28.5 Å². The number of hydrogen-bond acceptors (Lipinski definition) is 4. The summed E-state index contributed by atoms with van der Waals surface area (Å²) in [5, 5.41) is 6.15. The number of carbonyl (C=O) groups excluding carboxylic acids is 1. The lowest BCUT2D eigenvalue weighted by atomic mass is 10.2. The number of carbonyl (C=O) groups is 1. The first-order valence-electron chi connectivity index (χ1n) is 6.45. The van der Waals surface area contributed by atoms with Gasteiger partial charge in [0.1, 0.15) is 17.3 Å². The molecule has 1 aliphatic rings.